The lowest BCUT2D eigenvalue weighted by atomic mass is 9.90. The van der Waals surface area contributed by atoms with Gasteiger partial charge in [-0.2, -0.15) is 0 Å². The maximum Gasteiger partial charge on any atom is 0.105 e. The molecule has 0 saturated carbocycles. The molecule has 1 aromatic rings. The summed E-state index contributed by atoms with van der Waals surface area (Å²) in [5.41, 5.74) is 2.71. The molecule has 1 aromatic carbocycles. The third kappa shape index (κ3) is 1.94. The summed E-state index contributed by atoms with van der Waals surface area (Å²) in [6, 6.07) is 9.92. The zero-order valence-electron chi connectivity index (χ0n) is 9.31. The van der Waals surface area contributed by atoms with Gasteiger partial charge < -0.3 is 9.94 Å². The van der Waals surface area contributed by atoms with E-state index >= 15 is 0 Å². The third-order valence-electron chi connectivity index (χ3n) is 2.81. The highest BCUT2D eigenvalue weighted by Crippen LogP contribution is 2.30. The Bertz CT molecular complexity index is 421. The van der Waals surface area contributed by atoms with Gasteiger partial charge in [0.2, 0.25) is 0 Å². The lowest BCUT2D eigenvalue weighted by Crippen LogP contribution is -2.12. The van der Waals surface area contributed by atoms with Crippen molar-refractivity contribution in [2.45, 2.75) is 19.3 Å². The van der Waals surface area contributed by atoms with Crippen LogP contribution in [-0.4, -0.2) is 18.0 Å². The van der Waals surface area contributed by atoms with Gasteiger partial charge in [-0.1, -0.05) is 35.5 Å². The van der Waals surface area contributed by atoms with Crippen LogP contribution in [0.5, 0.6) is 0 Å². The van der Waals surface area contributed by atoms with Crippen LogP contribution in [0.25, 0.3) is 5.57 Å². The number of oxime groups is 1. The number of ether oxygens (including phenoxy) is 1. The van der Waals surface area contributed by atoms with Crippen molar-refractivity contribution in [1.29, 1.82) is 0 Å². The van der Waals surface area contributed by atoms with Crippen molar-refractivity contribution >= 4 is 11.3 Å². The van der Waals surface area contributed by atoms with Crippen LogP contribution >= 0.6 is 0 Å². The van der Waals surface area contributed by atoms with E-state index in [2.05, 4.69) is 5.16 Å². The zero-order chi connectivity index (χ0) is 11.4. The first-order chi connectivity index (χ1) is 7.86. The summed E-state index contributed by atoms with van der Waals surface area (Å²) in [5, 5.41) is 12.4. The first kappa shape index (κ1) is 10.7. The van der Waals surface area contributed by atoms with Gasteiger partial charge in [-0.05, 0) is 18.4 Å². The SMILES string of the molecule is COC1=C(c2ccccc2)C(=NO)CCC1. The van der Waals surface area contributed by atoms with Gasteiger partial charge in [-0.3, -0.25) is 0 Å². The fraction of sp³-hybridized carbons (Fsp3) is 0.308. The first-order valence-electron chi connectivity index (χ1n) is 5.40. The summed E-state index contributed by atoms with van der Waals surface area (Å²) < 4.78 is 5.38. The number of hydrogen-bond donors (Lipinski definition) is 1. The van der Waals surface area contributed by atoms with Gasteiger partial charge in [-0.15, -0.1) is 0 Å². The molecule has 0 fully saturated rings. The Morgan fingerprint density at radius 1 is 1.19 bits per heavy atom. The molecule has 0 aromatic heterocycles. The standard InChI is InChI=1S/C13H15NO2/c1-16-12-9-5-8-11(14-15)13(12)10-6-3-2-4-7-10/h2-4,6-7,15H,5,8-9H2,1H3. The van der Waals surface area contributed by atoms with Gasteiger partial charge >= 0.3 is 0 Å². The monoisotopic (exact) mass is 217 g/mol. The van der Waals surface area contributed by atoms with E-state index in [9.17, 15) is 0 Å². The average Bonchev–Trinajstić information content (AvgIpc) is 2.38. The van der Waals surface area contributed by atoms with Crippen molar-refractivity contribution in [3.63, 3.8) is 0 Å². The highest BCUT2D eigenvalue weighted by molar-refractivity contribution is 6.24. The van der Waals surface area contributed by atoms with Gasteiger partial charge in [0.25, 0.3) is 0 Å². The Morgan fingerprint density at radius 3 is 2.56 bits per heavy atom. The molecule has 0 unspecified atom stereocenters. The average molecular weight is 217 g/mol. The molecular formula is C13H15NO2. The zero-order valence-corrected chi connectivity index (χ0v) is 9.31. The van der Waals surface area contributed by atoms with Crippen molar-refractivity contribution in [3.8, 4) is 0 Å². The Kier molecular flexibility index (Phi) is 3.25. The molecule has 0 atom stereocenters. The normalized spacial score (nSPS) is 18.9. The van der Waals surface area contributed by atoms with E-state index in [4.69, 9.17) is 9.94 Å². The molecule has 1 aliphatic rings. The Hall–Kier alpha value is -1.77. The van der Waals surface area contributed by atoms with E-state index in [0.717, 1.165) is 36.2 Å². The molecule has 0 heterocycles. The maximum atomic E-state index is 9.03. The van der Waals surface area contributed by atoms with Crippen molar-refractivity contribution in [1.82, 2.24) is 0 Å². The highest BCUT2D eigenvalue weighted by Gasteiger charge is 2.21. The first-order valence-corrected chi connectivity index (χ1v) is 5.40. The quantitative estimate of drug-likeness (QED) is 0.611. The summed E-state index contributed by atoms with van der Waals surface area (Å²) in [4.78, 5) is 0. The molecule has 2 rings (SSSR count). The fourth-order valence-electron chi connectivity index (χ4n) is 2.06. The number of allylic oxidation sites excluding steroid dienone is 2. The molecular weight excluding hydrogens is 202 g/mol. The molecule has 3 nitrogen and oxygen atoms in total. The predicted molar refractivity (Wildman–Crippen MR) is 63.4 cm³/mol. The molecule has 0 bridgehead atoms. The minimum absolute atomic E-state index is 0.717. The lowest BCUT2D eigenvalue weighted by molar-refractivity contribution is 0.274. The summed E-state index contributed by atoms with van der Waals surface area (Å²) in [6.07, 6.45) is 2.67. The summed E-state index contributed by atoms with van der Waals surface area (Å²) in [6.45, 7) is 0. The molecule has 0 amide bonds. The van der Waals surface area contributed by atoms with Crippen LogP contribution in [0, 0.1) is 0 Å². The minimum atomic E-state index is 0.717. The Labute approximate surface area is 95.0 Å². The van der Waals surface area contributed by atoms with Crippen LogP contribution in [0.15, 0.2) is 41.2 Å². The molecule has 16 heavy (non-hydrogen) atoms. The van der Waals surface area contributed by atoms with E-state index in [1.807, 2.05) is 30.3 Å². The Balaban J connectivity index is 2.51. The van der Waals surface area contributed by atoms with Gasteiger partial charge in [0.05, 0.1) is 12.8 Å². The van der Waals surface area contributed by atoms with Crippen molar-refractivity contribution in [3.05, 3.63) is 41.7 Å². The van der Waals surface area contributed by atoms with E-state index < -0.39 is 0 Å². The number of hydrogen-bond acceptors (Lipinski definition) is 3. The molecule has 0 saturated heterocycles. The summed E-state index contributed by atoms with van der Waals surface area (Å²) in [7, 11) is 1.67. The van der Waals surface area contributed by atoms with Crippen molar-refractivity contribution in [2.75, 3.05) is 7.11 Å². The van der Waals surface area contributed by atoms with Gasteiger partial charge in [0.1, 0.15) is 5.76 Å². The number of rotatable bonds is 2. The molecule has 3 heteroatoms. The largest absolute Gasteiger partial charge is 0.500 e. The van der Waals surface area contributed by atoms with E-state index in [0.29, 0.717) is 5.71 Å². The van der Waals surface area contributed by atoms with Gasteiger partial charge in [-0.25, -0.2) is 0 Å². The second kappa shape index (κ2) is 4.84. The van der Waals surface area contributed by atoms with Crippen LogP contribution in [-0.2, 0) is 4.74 Å². The van der Waals surface area contributed by atoms with Crippen molar-refractivity contribution in [2.24, 2.45) is 5.16 Å². The summed E-state index contributed by atoms with van der Waals surface area (Å²) >= 11 is 0. The lowest BCUT2D eigenvalue weighted by Gasteiger charge is -2.20. The van der Waals surface area contributed by atoms with Crippen LogP contribution in [0.4, 0.5) is 0 Å². The highest BCUT2D eigenvalue weighted by atomic mass is 16.5. The number of benzene rings is 1. The van der Waals surface area contributed by atoms with E-state index in [1.165, 1.54) is 0 Å². The second-order valence-corrected chi connectivity index (χ2v) is 3.77. The van der Waals surface area contributed by atoms with Crippen LogP contribution in [0.1, 0.15) is 24.8 Å². The molecule has 0 aliphatic heterocycles. The topological polar surface area (TPSA) is 41.8 Å². The van der Waals surface area contributed by atoms with Gasteiger partial charge in [0.15, 0.2) is 0 Å². The van der Waals surface area contributed by atoms with Crippen LogP contribution in [0.2, 0.25) is 0 Å². The van der Waals surface area contributed by atoms with Crippen molar-refractivity contribution < 1.29 is 9.94 Å². The molecule has 1 aliphatic carbocycles. The molecule has 84 valence electrons. The summed E-state index contributed by atoms with van der Waals surface area (Å²) in [5.74, 6) is 0.908. The van der Waals surface area contributed by atoms with Crippen LogP contribution in [0.3, 0.4) is 0 Å². The smallest absolute Gasteiger partial charge is 0.105 e. The molecule has 0 spiro atoms. The number of methoxy groups -OCH3 is 1. The van der Waals surface area contributed by atoms with Gasteiger partial charge in [0, 0.05) is 12.0 Å². The molecule has 0 radical (unpaired) electrons. The molecule has 1 N–H and O–H groups in total. The van der Waals surface area contributed by atoms with E-state index in [1.54, 1.807) is 7.11 Å². The maximum absolute atomic E-state index is 9.03. The van der Waals surface area contributed by atoms with E-state index in [-0.39, 0.29) is 0 Å². The second-order valence-electron chi connectivity index (χ2n) is 3.77. The minimum Gasteiger partial charge on any atom is -0.500 e. The number of nitrogens with zero attached hydrogens (tertiary/aromatic N) is 1. The third-order valence-corrected chi connectivity index (χ3v) is 2.81. The Morgan fingerprint density at radius 2 is 1.94 bits per heavy atom. The fourth-order valence-corrected chi connectivity index (χ4v) is 2.06. The van der Waals surface area contributed by atoms with Crippen LogP contribution < -0.4 is 0 Å². The predicted octanol–water partition coefficient (Wildman–Crippen LogP) is 3.06.